The smallest absolute Gasteiger partial charge is 0.161 e. The Balaban J connectivity index is 1.97. The minimum absolute atomic E-state index is 0.0413. The molecular weight excluding hydrogens is 240 g/mol. The Kier molecular flexibility index (Phi) is 2.76. The van der Waals surface area contributed by atoms with E-state index in [-0.39, 0.29) is 11.2 Å². The van der Waals surface area contributed by atoms with Gasteiger partial charge in [0.15, 0.2) is 5.78 Å². The van der Waals surface area contributed by atoms with Crippen LogP contribution in [0.15, 0.2) is 11.1 Å². The Morgan fingerprint density at radius 3 is 2.74 bits per heavy atom. The van der Waals surface area contributed by atoms with Gasteiger partial charge in [0.1, 0.15) is 11.4 Å². The summed E-state index contributed by atoms with van der Waals surface area (Å²) in [6.45, 7) is 3.71. The normalized spacial score (nSPS) is 42.1. The van der Waals surface area contributed by atoms with Crippen molar-refractivity contribution in [3.05, 3.63) is 11.1 Å². The van der Waals surface area contributed by atoms with E-state index >= 15 is 0 Å². The molecule has 3 nitrogen and oxygen atoms in total. The number of rotatable bonds is 1. The molecule has 0 radical (unpaired) electrons. The Morgan fingerprint density at radius 2 is 2.05 bits per heavy atom. The van der Waals surface area contributed by atoms with Gasteiger partial charge in [-0.15, -0.1) is 0 Å². The van der Waals surface area contributed by atoms with Gasteiger partial charge in [0.25, 0.3) is 0 Å². The third-order valence-electron chi connectivity index (χ3n) is 5.69. The molecule has 3 heteroatoms. The molecule has 0 spiro atoms. The first-order chi connectivity index (χ1) is 8.84. The third-order valence-corrected chi connectivity index (χ3v) is 5.69. The zero-order valence-electron chi connectivity index (χ0n) is 11.8. The van der Waals surface area contributed by atoms with E-state index in [2.05, 4.69) is 6.92 Å². The molecule has 1 fully saturated rings. The highest BCUT2D eigenvalue weighted by Crippen LogP contribution is 2.59. The Morgan fingerprint density at radius 1 is 1.32 bits per heavy atom. The highest BCUT2D eigenvalue weighted by Gasteiger charge is 2.56. The maximum Gasteiger partial charge on any atom is 0.161 e. The Hall–Kier alpha value is -0.960. The summed E-state index contributed by atoms with van der Waals surface area (Å²) in [5, 5.41) is 10.6. The minimum Gasteiger partial charge on any atom is -0.382 e. The van der Waals surface area contributed by atoms with Crippen molar-refractivity contribution in [1.82, 2.24) is 0 Å². The van der Waals surface area contributed by atoms with E-state index in [1.54, 1.807) is 0 Å². The number of fused-ring (bicyclic) bond motifs is 2. The van der Waals surface area contributed by atoms with Gasteiger partial charge in [0, 0.05) is 12.8 Å². The molecule has 0 bridgehead atoms. The van der Waals surface area contributed by atoms with Crippen molar-refractivity contribution in [3.63, 3.8) is 0 Å². The number of hydrogen-bond acceptors (Lipinski definition) is 3. The first-order valence-corrected chi connectivity index (χ1v) is 7.30. The Labute approximate surface area is 114 Å². The molecule has 0 heterocycles. The van der Waals surface area contributed by atoms with E-state index in [9.17, 15) is 14.7 Å². The number of ketones is 2. The van der Waals surface area contributed by atoms with Gasteiger partial charge in [-0.1, -0.05) is 18.1 Å². The second-order valence-corrected chi connectivity index (χ2v) is 7.02. The van der Waals surface area contributed by atoms with E-state index in [0.717, 1.165) is 19.3 Å². The molecule has 1 saturated carbocycles. The molecule has 0 amide bonds. The highest BCUT2D eigenvalue weighted by atomic mass is 16.3. The van der Waals surface area contributed by atoms with Crippen LogP contribution < -0.4 is 0 Å². The van der Waals surface area contributed by atoms with Crippen LogP contribution in [-0.4, -0.2) is 22.3 Å². The lowest BCUT2D eigenvalue weighted by atomic mass is 9.64. The van der Waals surface area contributed by atoms with Crippen LogP contribution in [0.1, 0.15) is 58.8 Å². The van der Waals surface area contributed by atoms with Crippen molar-refractivity contribution >= 4 is 11.6 Å². The molecule has 0 aromatic carbocycles. The predicted molar refractivity (Wildman–Crippen MR) is 71.6 cm³/mol. The zero-order chi connectivity index (χ0) is 13.8. The molecule has 3 aliphatic carbocycles. The van der Waals surface area contributed by atoms with Crippen molar-refractivity contribution in [2.24, 2.45) is 11.3 Å². The average Bonchev–Trinajstić information content (AvgIpc) is 2.62. The van der Waals surface area contributed by atoms with Crippen LogP contribution >= 0.6 is 0 Å². The summed E-state index contributed by atoms with van der Waals surface area (Å²) in [6.07, 6.45) is 5.23. The summed E-state index contributed by atoms with van der Waals surface area (Å²) in [7, 11) is 0. The predicted octanol–water partition coefficient (Wildman–Crippen LogP) is 2.57. The fourth-order valence-corrected chi connectivity index (χ4v) is 4.52. The lowest BCUT2D eigenvalue weighted by Crippen LogP contribution is -2.35. The second-order valence-electron chi connectivity index (χ2n) is 7.02. The van der Waals surface area contributed by atoms with E-state index in [1.807, 2.05) is 0 Å². The van der Waals surface area contributed by atoms with Crippen molar-refractivity contribution in [2.75, 3.05) is 0 Å². The van der Waals surface area contributed by atoms with Gasteiger partial charge in [-0.05, 0) is 50.4 Å². The second kappa shape index (κ2) is 4.02. The topological polar surface area (TPSA) is 54.4 Å². The van der Waals surface area contributed by atoms with Crippen LogP contribution in [0.5, 0.6) is 0 Å². The number of hydrogen-bond donors (Lipinski definition) is 1. The molecule has 0 aromatic heterocycles. The molecule has 19 heavy (non-hydrogen) atoms. The first kappa shape index (κ1) is 13.0. The molecular formula is C16H22O3. The molecule has 0 saturated heterocycles. The van der Waals surface area contributed by atoms with Gasteiger partial charge >= 0.3 is 0 Å². The van der Waals surface area contributed by atoms with Crippen LogP contribution in [0, 0.1) is 11.3 Å². The SMILES string of the molecule is CC(=O)[C@]1(O)C[C@H]2C3=C(CC[C@]2(C)C1)CC(=O)CC3. The molecule has 3 rings (SSSR count). The minimum atomic E-state index is -1.14. The van der Waals surface area contributed by atoms with Gasteiger partial charge in [-0.25, -0.2) is 0 Å². The molecule has 0 unspecified atom stereocenters. The summed E-state index contributed by atoms with van der Waals surface area (Å²) < 4.78 is 0. The van der Waals surface area contributed by atoms with E-state index in [0.29, 0.717) is 37.4 Å². The average molecular weight is 262 g/mol. The van der Waals surface area contributed by atoms with Gasteiger partial charge in [-0.3, -0.25) is 9.59 Å². The van der Waals surface area contributed by atoms with Crippen LogP contribution in [0.4, 0.5) is 0 Å². The van der Waals surface area contributed by atoms with Crippen LogP contribution in [-0.2, 0) is 9.59 Å². The monoisotopic (exact) mass is 262 g/mol. The summed E-state index contributed by atoms with van der Waals surface area (Å²) in [6, 6.07) is 0. The van der Waals surface area contributed by atoms with E-state index in [4.69, 9.17) is 0 Å². The number of allylic oxidation sites excluding steroid dienone is 2. The van der Waals surface area contributed by atoms with Crippen LogP contribution in [0.2, 0.25) is 0 Å². The van der Waals surface area contributed by atoms with Gasteiger partial charge < -0.3 is 5.11 Å². The maximum absolute atomic E-state index is 11.7. The maximum atomic E-state index is 11.7. The molecule has 3 atom stereocenters. The lowest BCUT2D eigenvalue weighted by molar-refractivity contribution is -0.135. The number of Topliss-reactive ketones (excluding diaryl/α,β-unsaturated/α-hetero) is 2. The number of aliphatic hydroxyl groups is 1. The summed E-state index contributed by atoms with van der Waals surface area (Å²) >= 11 is 0. The molecule has 0 aliphatic heterocycles. The zero-order valence-corrected chi connectivity index (χ0v) is 11.8. The van der Waals surface area contributed by atoms with Gasteiger partial charge in [-0.2, -0.15) is 0 Å². The molecule has 104 valence electrons. The number of carbonyl (C=O) groups is 2. The van der Waals surface area contributed by atoms with E-state index in [1.165, 1.54) is 18.1 Å². The molecule has 3 aliphatic rings. The van der Waals surface area contributed by atoms with Gasteiger partial charge in [0.2, 0.25) is 0 Å². The lowest BCUT2D eigenvalue weighted by Gasteiger charge is -2.40. The highest BCUT2D eigenvalue weighted by molar-refractivity contribution is 5.86. The fourth-order valence-electron chi connectivity index (χ4n) is 4.52. The van der Waals surface area contributed by atoms with Crippen LogP contribution in [0.25, 0.3) is 0 Å². The molecule has 0 aromatic rings. The molecule has 1 N–H and O–H groups in total. The number of carbonyl (C=O) groups excluding carboxylic acids is 2. The first-order valence-electron chi connectivity index (χ1n) is 7.30. The summed E-state index contributed by atoms with van der Waals surface area (Å²) in [5.74, 6) is 0.553. The van der Waals surface area contributed by atoms with Crippen molar-refractivity contribution in [3.8, 4) is 0 Å². The Bertz CT molecular complexity index is 490. The third kappa shape index (κ3) is 1.90. The fraction of sp³-hybridized carbons (Fsp3) is 0.750. The van der Waals surface area contributed by atoms with Crippen molar-refractivity contribution in [2.45, 2.75) is 64.4 Å². The van der Waals surface area contributed by atoms with Crippen LogP contribution in [0.3, 0.4) is 0 Å². The van der Waals surface area contributed by atoms with Gasteiger partial charge in [0.05, 0.1) is 0 Å². The van der Waals surface area contributed by atoms with E-state index < -0.39 is 5.60 Å². The summed E-state index contributed by atoms with van der Waals surface area (Å²) in [5.41, 5.74) is 1.61. The van der Waals surface area contributed by atoms with Crippen molar-refractivity contribution < 1.29 is 14.7 Å². The van der Waals surface area contributed by atoms with Crippen molar-refractivity contribution in [1.29, 1.82) is 0 Å². The summed E-state index contributed by atoms with van der Waals surface area (Å²) in [4.78, 5) is 23.3. The largest absolute Gasteiger partial charge is 0.382 e. The quantitative estimate of drug-likeness (QED) is 0.739. The standard InChI is InChI=1S/C16H22O3/c1-10(17)16(19)8-14-13-4-3-12(18)7-11(13)5-6-15(14,2)9-16/h14,19H,3-9H2,1-2H3/t14-,15+,16-/m0/s1.